The van der Waals surface area contributed by atoms with Crippen LogP contribution in [0.4, 0.5) is 22.9 Å². The first kappa shape index (κ1) is 15.3. The van der Waals surface area contributed by atoms with Crippen molar-refractivity contribution in [2.24, 2.45) is 0 Å². The number of anilines is 4. The monoisotopic (exact) mass is 361 g/mol. The summed E-state index contributed by atoms with van der Waals surface area (Å²) in [5, 5.41) is 0. The average molecular weight is 361 g/mol. The molecule has 0 amide bonds. The SMILES string of the molecule is c1ccc(N2B3Oc4ccccc4-c4ccccc4N3c3ccccc32)nc1. The molecule has 0 N–H and O–H groups in total. The van der Waals surface area contributed by atoms with Crippen molar-refractivity contribution in [1.29, 1.82) is 0 Å². The Balaban J connectivity index is 1.65. The van der Waals surface area contributed by atoms with E-state index in [9.17, 15) is 0 Å². The molecule has 0 unspecified atom stereocenters. The van der Waals surface area contributed by atoms with Gasteiger partial charge in [0.1, 0.15) is 11.6 Å². The minimum atomic E-state index is -0.350. The summed E-state index contributed by atoms with van der Waals surface area (Å²) in [6.45, 7) is 0. The minimum Gasteiger partial charge on any atom is -0.522 e. The van der Waals surface area contributed by atoms with E-state index in [4.69, 9.17) is 4.65 Å². The van der Waals surface area contributed by atoms with Gasteiger partial charge in [0.2, 0.25) is 0 Å². The fraction of sp³-hybridized carbons (Fsp3) is 0. The molecular formula is C23H16BN3O. The van der Waals surface area contributed by atoms with Crippen LogP contribution in [0.5, 0.6) is 5.75 Å². The van der Waals surface area contributed by atoms with Crippen LogP contribution >= 0.6 is 0 Å². The van der Waals surface area contributed by atoms with Gasteiger partial charge in [0.15, 0.2) is 0 Å². The lowest BCUT2D eigenvalue weighted by Gasteiger charge is -2.26. The standard InChI is InChI=1S/C23H16BN3O/c1-3-11-19-17(9-1)18-10-2-6-14-22(18)28-24-26(19)20-12-4-5-13-21(20)27(24)23-15-7-8-16-25-23/h1-16H. The molecule has 3 aromatic carbocycles. The molecule has 132 valence electrons. The first-order chi connectivity index (χ1) is 13.9. The molecule has 0 aliphatic carbocycles. The van der Waals surface area contributed by atoms with Crippen molar-refractivity contribution >= 4 is 30.1 Å². The molecule has 5 heteroatoms. The number of benzene rings is 3. The van der Waals surface area contributed by atoms with Crippen molar-refractivity contribution in [3.8, 4) is 16.9 Å². The third-order valence-corrected chi connectivity index (χ3v) is 5.31. The van der Waals surface area contributed by atoms with Crippen LogP contribution in [0.2, 0.25) is 0 Å². The summed E-state index contributed by atoms with van der Waals surface area (Å²) in [5.41, 5.74) is 5.59. The summed E-state index contributed by atoms with van der Waals surface area (Å²) in [6, 6.07) is 31.0. The predicted octanol–water partition coefficient (Wildman–Crippen LogP) is 5.42. The number of para-hydroxylation sites is 4. The number of pyridine rings is 1. The van der Waals surface area contributed by atoms with Gasteiger partial charge in [0.25, 0.3) is 0 Å². The van der Waals surface area contributed by atoms with Gasteiger partial charge >= 0.3 is 7.19 Å². The van der Waals surface area contributed by atoms with Crippen LogP contribution in [0.3, 0.4) is 0 Å². The Morgan fingerprint density at radius 3 is 2.04 bits per heavy atom. The van der Waals surface area contributed by atoms with Crippen molar-refractivity contribution in [3.05, 3.63) is 97.2 Å². The third kappa shape index (κ3) is 2.10. The first-order valence-corrected chi connectivity index (χ1v) is 9.35. The Labute approximate surface area is 163 Å². The van der Waals surface area contributed by atoms with Crippen LogP contribution in [0.15, 0.2) is 97.2 Å². The molecule has 4 aromatic rings. The van der Waals surface area contributed by atoms with E-state index in [0.717, 1.165) is 34.2 Å². The smallest absolute Gasteiger partial charge is 0.522 e. The molecule has 2 aliphatic heterocycles. The number of hydrogen-bond donors (Lipinski definition) is 0. The fourth-order valence-electron chi connectivity index (χ4n) is 4.13. The normalized spacial score (nSPS) is 13.8. The summed E-state index contributed by atoms with van der Waals surface area (Å²) < 4.78 is 6.62. The highest BCUT2D eigenvalue weighted by Gasteiger charge is 2.49. The molecule has 28 heavy (non-hydrogen) atoms. The number of fused-ring (bicyclic) bond motifs is 7. The molecule has 6 rings (SSSR count). The van der Waals surface area contributed by atoms with E-state index >= 15 is 0 Å². The number of aromatic nitrogens is 1. The molecule has 0 saturated heterocycles. The lowest BCUT2D eigenvalue weighted by atomic mass is 9.94. The molecule has 1 aromatic heterocycles. The Kier molecular flexibility index (Phi) is 3.23. The molecule has 0 atom stereocenters. The minimum absolute atomic E-state index is 0.350. The molecule has 4 nitrogen and oxygen atoms in total. The quantitative estimate of drug-likeness (QED) is 0.424. The molecule has 0 fully saturated rings. The van der Waals surface area contributed by atoms with E-state index in [1.54, 1.807) is 0 Å². The van der Waals surface area contributed by atoms with Crippen LogP contribution in [0, 0.1) is 0 Å². The zero-order chi connectivity index (χ0) is 18.5. The summed E-state index contributed by atoms with van der Waals surface area (Å²) in [5.74, 6) is 1.73. The van der Waals surface area contributed by atoms with E-state index in [-0.39, 0.29) is 7.19 Å². The second kappa shape index (κ2) is 5.89. The second-order valence-electron chi connectivity index (χ2n) is 6.87. The molecular weight excluding hydrogens is 345 g/mol. The van der Waals surface area contributed by atoms with Gasteiger partial charge in [-0.25, -0.2) is 4.98 Å². The summed E-state index contributed by atoms with van der Waals surface area (Å²) in [4.78, 5) is 9.04. The molecule has 0 radical (unpaired) electrons. The van der Waals surface area contributed by atoms with Crippen molar-refractivity contribution < 1.29 is 4.65 Å². The van der Waals surface area contributed by atoms with E-state index in [1.807, 2.05) is 36.5 Å². The van der Waals surface area contributed by atoms with Crippen molar-refractivity contribution in [1.82, 2.24) is 4.98 Å². The first-order valence-electron chi connectivity index (χ1n) is 9.35. The Hall–Kier alpha value is -3.73. The van der Waals surface area contributed by atoms with Gasteiger partial charge in [0.05, 0.1) is 11.4 Å². The highest BCUT2D eigenvalue weighted by Crippen LogP contribution is 2.51. The topological polar surface area (TPSA) is 28.6 Å². The van der Waals surface area contributed by atoms with Gasteiger partial charge in [-0.15, -0.1) is 0 Å². The van der Waals surface area contributed by atoms with Crippen LogP contribution in [0.25, 0.3) is 11.1 Å². The number of hydrogen-bond acceptors (Lipinski definition) is 4. The third-order valence-electron chi connectivity index (χ3n) is 5.31. The lowest BCUT2D eigenvalue weighted by molar-refractivity contribution is 0.572. The molecule has 0 bridgehead atoms. The van der Waals surface area contributed by atoms with Gasteiger partial charge in [-0.2, -0.15) is 0 Å². The summed E-state index contributed by atoms with van der Waals surface area (Å²) in [7, 11) is -0.350. The molecule has 0 spiro atoms. The number of rotatable bonds is 1. The van der Waals surface area contributed by atoms with Crippen molar-refractivity contribution in [2.45, 2.75) is 0 Å². The van der Waals surface area contributed by atoms with Crippen molar-refractivity contribution in [2.75, 3.05) is 9.62 Å². The van der Waals surface area contributed by atoms with Gasteiger partial charge in [-0.3, -0.25) is 0 Å². The summed E-state index contributed by atoms with van der Waals surface area (Å²) >= 11 is 0. The average Bonchev–Trinajstić information content (AvgIpc) is 3.00. The van der Waals surface area contributed by atoms with E-state index in [0.29, 0.717) is 0 Å². The van der Waals surface area contributed by atoms with Crippen LogP contribution < -0.4 is 14.3 Å². The second-order valence-corrected chi connectivity index (χ2v) is 6.87. The van der Waals surface area contributed by atoms with Gasteiger partial charge < -0.3 is 14.3 Å². The maximum absolute atomic E-state index is 6.62. The largest absolute Gasteiger partial charge is 0.629 e. The summed E-state index contributed by atoms with van der Waals surface area (Å²) in [6.07, 6.45) is 1.82. The van der Waals surface area contributed by atoms with Gasteiger partial charge in [0, 0.05) is 23.0 Å². The lowest BCUT2D eigenvalue weighted by Crippen LogP contribution is -2.48. The van der Waals surface area contributed by atoms with Crippen LogP contribution in [-0.4, -0.2) is 12.2 Å². The van der Waals surface area contributed by atoms with Gasteiger partial charge in [-0.1, -0.05) is 54.6 Å². The Morgan fingerprint density at radius 2 is 1.25 bits per heavy atom. The fourth-order valence-corrected chi connectivity index (χ4v) is 4.13. The zero-order valence-electron chi connectivity index (χ0n) is 15.1. The highest BCUT2D eigenvalue weighted by molar-refractivity contribution is 6.68. The maximum atomic E-state index is 6.62. The van der Waals surface area contributed by atoms with Crippen LogP contribution in [-0.2, 0) is 0 Å². The Bertz CT molecular complexity index is 1180. The van der Waals surface area contributed by atoms with E-state index in [1.165, 1.54) is 5.56 Å². The highest BCUT2D eigenvalue weighted by atomic mass is 16.5. The maximum Gasteiger partial charge on any atom is 0.629 e. The number of nitrogens with zero attached hydrogens (tertiary/aromatic N) is 3. The Morgan fingerprint density at radius 1 is 0.607 bits per heavy atom. The predicted molar refractivity (Wildman–Crippen MR) is 113 cm³/mol. The molecule has 0 saturated carbocycles. The molecule has 2 aliphatic rings. The van der Waals surface area contributed by atoms with Crippen LogP contribution in [0.1, 0.15) is 0 Å². The van der Waals surface area contributed by atoms with Gasteiger partial charge in [-0.05, 0) is 36.4 Å². The van der Waals surface area contributed by atoms with Crippen molar-refractivity contribution in [3.63, 3.8) is 0 Å². The van der Waals surface area contributed by atoms with E-state index in [2.05, 4.69) is 75.3 Å². The molecule has 3 heterocycles. The van der Waals surface area contributed by atoms with E-state index < -0.39 is 0 Å². The zero-order valence-corrected chi connectivity index (χ0v) is 15.1.